The molecule has 0 spiro atoms. The van der Waals surface area contributed by atoms with Crippen molar-refractivity contribution in [1.82, 2.24) is 9.88 Å². The summed E-state index contributed by atoms with van der Waals surface area (Å²) < 4.78 is 5.77. The number of halogens is 1. The molecule has 2 heterocycles. The number of benzene rings is 1. The van der Waals surface area contributed by atoms with Crippen molar-refractivity contribution in [2.75, 3.05) is 24.7 Å². The molecule has 2 amide bonds. The summed E-state index contributed by atoms with van der Waals surface area (Å²) in [7, 11) is 4.14. The predicted octanol–water partition coefficient (Wildman–Crippen LogP) is 4.79. The summed E-state index contributed by atoms with van der Waals surface area (Å²) in [5.74, 6) is -0.644. The van der Waals surface area contributed by atoms with E-state index in [4.69, 9.17) is 16.0 Å². The average Bonchev–Trinajstić information content (AvgIpc) is 3.14. The first kappa shape index (κ1) is 21.3. The van der Waals surface area contributed by atoms with E-state index in [1.54, 1.807) is 42.6 Å². The van der Waals surface area contributed by atoms with E-state index in [0.29, 0.717) is 33.5 Å². The Hall–Kier alpha value is -2.90. The summed E-state index contributed by atoms with van der Waals surface area (Å²) in [5.41, 5.74) is 1.78. The molecule has 3 aromatic rings. The van der Waals surface area contributed by atoms with Gasteiger partial charge in [-0.1, -0.05) is 11.6 Å². The van der Waals surface area contributed by atoms with Crippen molar-refractivity contribution in [3.63, 3.8) is 0 Å². The number of anilines is 2. The fourth-order valence-electron chi connectivity index (χ4n) is 4.01. The first-order valence-corrected chi connectivity index (χ1v) is 10.7. The fraction of sp³-hybridized carbons (Fsp3) is 0.348. The summed E-state index contributed by atoms with van der Waals surface area (Å²) >= 11 is 5.91. The lowest BCUT2D eigenvalue weighted by molar-refractivity contribution is -0.121. The number of hydrogen-bond donors (Lipinski definition) is 2. The molecule has 1 aliphatic rings. The van der Waals surface area contributed by atoms with Gasteiger partial charge < -0.3 is 20.0 Å². The number of amides is 2. The van der Waals surface area contributed by atoms with E-state index < -0.39 is 5.91 Å². The first-order valence-electron chi connectivity index (χ1n) is 10.3. The Labute approximate surface area is 185 Å². The topological polar surface area (TPSA) is 87.5 Å². The third kappa shape index (κ3) is 4.73. The molecule has 2 N–H and O–H groups in total. The molecule has 1 fully saturated rings. The molecule has 31 heavy (non-hydrogen) atoms. The maximum Gasteiger partial charge on any atom is 0.293 e. The molecule has 162 valence electrons. The van der Waals surface area contributed by atoms with E-state index in [9.17, 15) is 9.59 Å². The summed E-state index contributed by atoms with van der Waals surface area (Å²) in [5, 5.41) is 6.29. The maximum absolute atomic E-state index is 13.0. The summed E-state index contributed by atoms with van der Waals surface area (Å²) in [6, 6.07) is 10.7. The van der Waals surface area contributed by atoms with Gasteiger partial charge in [0.1, 0.15) is 11.2 Å². The lowest BCUT2D eigenvalue weighted by Crippen LogP contribution is -2.35. The SMILES string of the molecule is CN(C)[C@H]1CC[C@H](C(=O)Nc2c(C(=O)Nc3ccc(Cl)cc3)oc3cccnc23)CC1. The van der Waals surface area contributed by atoms with E-state index in [2.05, 4.69) is 34.6 Å². The number of pyridine rings is 1. The van der Waals surface area contributed by atoms with Crippen LogP contribution in [-0.4, -0.2) is 41.8 Å². The number of carbonyl (C=O) groups is 2. The van der Waals surface area contributed by atoms with Crippen molar-refractivity contribution in [2.24, 2.45) is 5.92 Å². The molecule has 0 atom stereocenters. The van der Waals surface area contributed by atoms with Crippen LogP contribution in [0.4, 0.5) is 11.4 Å². The monoisotopic (exact) mass is 440 g/mol. The molecular weight excluding hydrogens is 416 g/mol. The van der Waals surface area contributed by atoms with E-state index in [1.165, 1.54) is 0 Å². The van der Waals surface area contributed by atoms with E-state index in [-0.39, 0.29) is 17.6 Å². The van der Waals surface area contributed by atoms with Crippen molar-refractivity contribution in [2.45, 2.75) is 31.7 Å². The van der Waals surface area contributed by atoms with Gasteiger partial charge in [-0.15, -0.1) is 0 Å². The smallest absolute Gasteiger partial charge is 0.293 e. The molecule has 4 rings (SSSR count). The predicted molar refractivity (Wildman–Crippen MR) is 121 cm³/mol. The lowest BCUT2D eigenvalue weighted by Gasteiger charge is -2.31. The zero-order valence-corrected chi connectivity index (χ0v) is 18.3. The molecule has 0 radical (unpaired) electrons. The van der Waals surface area contributed by atoms with Gasteiger partial charge >= 0.3 is 0 Å². The Kier molecular flexibility index (Phi) is 6.25. The number of aromatic nitrogens is 1. The van der Waals surface area contributed by atoms with Crippen LogP contribution in [0.1, 0.15) is 36.2 Å². The van der Waals surface area contributed by atoms with E-state index in [1.807, 2.05) is 0 Å². The van der Waals surface area contributed by atoms with Gasteiger partial charge in [0.2, 0.25) is 11.7 Å². The van der Waals surface area contributed by atoms with Gasteiger partial charge in [0.15, 0.2) is 5.58 Å². The Morgan fingerprint density at radius 3 is 2.45 bits per heavy atom. The highest BCUT2D eigenvalue weighted by Crippen LogP contribution is 2.33. The summed E-state index contributed by atoms with van der Waals surface area (Å²) in [6.45, 7) is 0. The van der Waals surface area contributed by atoms with Gasteiger partial charge in [-0.3, -0.25) is 14.6 Å². The molecular formula is C23H25ClN4O3. The van der Waals surface area contributed by atoms with Crippen molar-refractivity contribution >= 4 is 45.9 Å². The molecule has 1 aromatic carbocycles. The van der Waals surface area contributed by atoms with Crippen LogP contribution in [0.15, 0.2) is 47.0 Å². The van der Waals surface area contributed by atoms with Crippen LogP contribution in [0, 0.1) is 5.92 Å². The van der Waals surface area contributed by atoms with Crippen molar-refractivity contribution in [1.29, 1.82) is 0 Å². The van der Waals surface area contributed by atoms with Gasteiger partial charge in [0, 0.05) is 28.9 Å². The van der Waals surface area contributed by atoms with Gasteiger partial charge in [-0.05, 0) is 76.2 Å². The second-order valence-electron chi connectivity index (χ2n) is 8.08. The van der Waals surface area contributed by atoms with E-state index >= 15 is 0 Å². The zero-order chi connectivity index (χ0) is 22.0. The first-order chi connectivity index (χ1) is 14.9. The van der Waals surface area contributed by atoms with Crippen LogP contribution in [0.25, 0.3) is 11.1 Å². The lowest BCUT2D eigenvalue weighted by atomic mass is 9.85. The number of nitrogens with one attached hydrogen (secondary N) is 2. The minimum atomic E-state index is -0.466. The molecule has 0 bridgehead atoms. The Morgan fingerprint density at radius 1 is 1.06 bits per heavy atom. The minimum Gasteiger partial charge on any atom is -0.447 e. The molecule has 0 aliphatic heterocycles. The fourth-order valence-corrected chi connectivity index (χ4v) is 4.13. The highest BCUT2D eigenvalue weighted by atomic mass is 35.5. The molecule has 0 unspecified atom stereocenters. The number of fused-ring (bicyclic) bond motifs is 1. The highest BCUT2D eigenvalue weighted by Gasteiger charge is 2.30. The molecule has 1 saturated carbocycles. The standard InChI is InChI=1S/C23H25ClN4O3/c1-28(2)17-11-5-14(6-12-17)22(29)27-20-19-18(4-3-13-25-19)31-21(20)23(30)26-16-9-7-15(24)8-10-16/h3-4,7-10,13-14,17H,5-6,11-12H2,1-2H3,(H,26,30)(H,27,29)/t14-,17-. The third-order valence-electron chi connectivity index (χ3n) is 5.80. The molecule has 7 nitrogen and oxygen atoms in total. The Morgan fingerprint density at radius 2 is 1.77 bits per heavy atom. The normalized spacial score (nSPS) is 18.8. The Bertz CT molecular complexity index is 1090. The molecule has 0 saturated heterocycles. The van der Waals surface area contributed by atoms with Crippen molar-refractivity contribution in [3.8, 4) is 0 Å². The van der Waals surface area contributed by atoms with Crippen molar-refractivity contribution < 1.29 is 14.0 Å². The minimum absolute atomic E-state index is 0.0268. The van der Waals surface area contributed by atoms with E-state index in [0.717, 1.165) is 25.7 Å². The quantitative estimate of drug-likeness (QED) is 0.595. The average molecular weight is 441 g/mol. The second-order valence-corrected chi connectivity index (χ2v) is 8.51. The number of rotatable bonds is 5. The number of nitrogens with zero attached hydrogens (tertiary/aromatic N) is 2. The summed E-state index contributed by atoms with van der Waals surface area (Å²) in [6.07, 6.45) is 5.17. The van der Waals surface area contributed by atoms with Gasteiger partial charge in [0.25, 0.3) is 5.91 Å². The number of furan rings is 1. The maximum atomic E-state index is 13.0. The van der Waals surface area contributed by atoms with Crippen LogP contribution in [0.3, 0.4) is 0 Å². The molecule has 2 aromatic heterocycles. The van der Waals surface area contributed by atoms with Gasteiger partial charge in [0.05, 0.1) is 0 Å². The second kappa shape index (κ2) is 9.08. The third-order valence-corrected chi connectivity index (χ3v) is 6.05. The Balaban J connectivity index is 1.56. The van der Waals surface area contributed by atoms with Gasteiger partial charge in [-0.25, -0.2) is 0 Å². The van der Waals surface area contributed by atoms with Crippen LogP contribution in [0.2, 0.25) is 5.02 Å². The van der Waals surface area contributed by atoms with Crippen LogP contribution >= 0.6 is 11.6 Å². The summed E-state index contributed by atoms with van der Waals surface area (Å²) in [4.78, 5) is 32.5. The molecule has 8 heteroatoms. The van der Waals surface area contributed by atoms with Crippen LogP contribution in [-0.2, 0) is 4.79 Å². The van der Waals surface area contributed by atoms with Crippen molar-refractivity contribution in [3.05, 3.63) is 53.4 Å². The zero-order valence-electron chi connectivity index (χ0n) is 17.5. The largest absolute Gasteiger partial charge is 0.447 e. The highest BCUT2D eigenvalue weighted by molar-refractivity contribution is 6.30. The van der Waals surface area contributed by atoms with Gasteiger partial charge in [-0.2, -0.15) is 0 Å². The van der Waals surface area contributed by atoms with Crippen LogP contribution in [0.5, 0.6) is 0 Å². The number of carbonyl (C=O) groups excluding carboxylic acids is 2. The molecule has 1 aliphatic carbocycles. The number of hydrogen-bond acceptors (Lipinski definition) is 5. The van der Waals surface area contributed by atoms with Crippen LogP contribution < -0.4 is 10.6 Å².